The van der Waals surface area contributed by atoms with E-state index in [-0.39, 0.29) is 32.7 Å². The van der Waals surface area contributed by atoms with Crippen molar-refractivity contribution in [2.75, 3.05) is 19.6 Å². The van der Waals surface area contributed by atoms with Gasteiger partial charge in [0.25, 0.3) is 0 Å². The Bertz CT molecular complexity index is 570. The first kappa shape index (κ1) is 15.6. The fourth-order valence-corrected chi connectivity index (χ4v) is 2.35. The number of hydrogen-bond donors (Lipinski definition) is 1. The Morgan fingerprint density at radius 2 is 2.05 bits per heavy atom. The van der Waals surface area contributed by atoms with Gasteiger partial charge >= 0.3 is 12.2 Å². The van der Waals surface area contributed by atoms with Gasteiger partial charge in [-0.2, -0.15) is 5.26 Å². The number of nitrogens with zero attached hydrogens (tertiary/aromatic N) is 3. The highest BCUT2D eigenvalue weighted by Gasteiger charge is 2.33. The number of amides is 2. The molecular weight excluding hydrogens is 286 g/mol. The molecule has 1 fully saturated rings. The monoisotopic (exact) mass is 303 g/mol. The van der Waals surface area contributed by atoms with Crippen LogP contribution in [0.3, 0.4) is 0 Å². The van der Waals surface area contributed by atoms with Crippen LogP contribution >= 0.6 is 0 Å². The molecule has 0 aromatic heterocycles. The van der Waals surface area contributed by atoms with Gasteiger partial charge < -0.3 is 19.6 Å². The van der Waals surface area contributed by atoms with Gasteiger partial charge in [-0.1, -0.05) is 30.3 Å². The SMILES string of the molecule is N#CC[C@@H]1CN(C(=O)O)CCN1C(=O)OCc1ccccc1. The molecule has 7 heteroatoms. The molecule has 1 aliphatic heterocycles. The first-order valence-corrected chi connectivity index (χ1v) is 6.94. The third-order valence-electron chi connectivity index (χ3n) is 3.52. The summed E-state index contributed by atoms with van der Waals surface area (Å²) in [4.78, 5) is 25.8. The van der Waals surface area contributed by atoms with E-state index in [1.54, 1.807) is 0 Å². The van der Waals surface area contributed by atoms with Gasteiger partial charge in [-0.05, 0) is 5.56 Å². The maximum absolute atomic E-state index is 12.2. The summed E-state index contributed by atoms with van der Waals surface area (Å²) in [5.41, 5.74) is 0.872. The van der Waals surface area contributed by atoms with Crippen molar-refractivity contribution in [1.82, 2.24) is 9.80 Å². The summed E-state index contributed by atoms with van der Waals surface area (Å²) < 4.78 is 5.25. The Balaban J connectivity index is 1.95. The number of carbonyl (C=O) groups is 2. The fourth-order valence-electron chi connectivity index (χ4n) is 2.35. The van der Waals surface area contributed by atoms with Crippen molar-refractivity contribution in [2.24, 2.45) is 0 Å². The normalized spacial score (nSPS) is 17.7. The third kappa shape index (κ3) is 3.88. The zero-order valence-electron chi connectivity index (χ0n) is 12.0. The van der Waals surface area contributed by atoms with E-state index >= 15 is 0 Å². The topological polar surface area (TPSA) is 93.9 Å². The van der Waals surface area contributed by atoms with E-state index in [0.717, 1.165) is 5.56 Å². The average molecular weight is 303 g/mol. The van der Waals surface area contributed by atoms with Gasteiger partial charge in [0.05, 0.1) is 18.5 Å². The summed E-state index contributed by atoms with van der Waals surface area (Å²) in [5.74, 6) is 0. The molecule has 2 amide bonds. The van der Waals surface area contributed by atoms with E-state index in [1.165, 1.54) is 9.80 Å². The molecule has 0 aliphatic carbocycles. The smallest absolute Gasteiger partial charge is 0.410 e. The van der Waals surface area contributed by atoms with Crippen LogP contribution in [0.2, 0.25) is 0 Å². The second kappa shape index (κ2) is 7.31. The molecule has 0 spiro atoms. The predicted molar refractivity (Wildman–Crippen MR) is 76.9 cm³/mol. The van der Waals surface area contributed by atoms with Crippen molar-refractivity contribution in [3.8, 4) is 6.07 Å². The van der Waals surface area contributed by atoms with Crippen LogP contribution in [0.25, 0.3) is 0 Å². The summed E-state index contributed by atoms with van der Waals surface area (Å²) in [5, 5.41) is 17.9. The molecule has 1 N–H and O–H groups in total. The minimum atomic E-state index is -1.04. The molecule has 1 aromatic rings. The van der Waals surface area contributed by atoms with Gasteiger partial charge in [0.1, 0.15) is 6.61 Å². The Kier molecular flexibility index (Phi) is 5.20. The largest absolute Gasteiger partial charge is 0.465 e. The van der Waals surface area contributed by atoms with Crippen LogP contribution in [0, 0.1) is 11.3 Å². The number of carboxylic acid groups (broad SMARTS) is 1. The standard InChI is InChI=1S/C15H17N3O4/c16-7-6-13-10-17(14(19)20)8-9-18(13)15(21)22-11-12-4-2-1-3-5-12/h1-5,13H,6,8-11H2,(H,19,20)/t13-/m1/s1. The van der Waals surface area contributed by atoms with E-state index < -0.39 is 18.2 Å². The number of nitriles is 1. The van der Waals surface area contributed by atoms with E-state index in [2.05, 4.69) is 0 Å². The minimum absolute atomic E-state index is 0.0736. The Morgan fingerprint density at radius 3 is 2.68 bits per heavy atom. The van der Waals surface area contributed by atoms with Crippen LogP contribution in [-0.4, -0.2) is 52.8 Å². The average Bonchev–Trinajstić information content (AvgIpc) is 2.54. The second-order valence-corrected chi connectivity index (χ2v) is 4.98. The quantitative estimate of drug-likeness (QED) is 0.920. The van der Waals surface area contributed by atoms with Crippen molar-refractivity contribution in [3.63, 3.8) is 0 Å². The van der Waals surface area contributed by atoms with E-state index in [4.69, 9.17) is 15.1 Å². The van der Waals surface area contributed by atoms with Gasteiger partial charge in [0.15, 0.2) is 0 Å². The molecular formula is C15H17N3O4. The van der Waals surface area contributed by atoms with Crippen molar-refractivity contribution in [1.29, 1.82) is 5.26 Å². The molecule has 1 saturated heterocycles. The van der Waals surface area contributed by atoms with Gasteiger partial charge in [0, 0.05) is 19.6 Å². The molecule has 0 saturated carbocycles. The number of piperazine rings is 1. The summed E-state index contributed by atoms with van der Waals surface area (Å²) in [7, 11) is 0. The van der Waals surface area contributed by atoms with E-state index in [9.17, 15) is 9.59 Å². The predicted octanol–water partition coefficient (Wildman–Crippen LogP) is 1.90. The molecule has 2 rings (SSSR count). The van der Waals surface area contributed by atoms with Crippen molar-refractivity contribution in [2.45, 2.75) is 19.1 Å². The van der Waals surface area contributed by atoms with Gasteiger partial charge in [-0.3, -0.25) is 0 Å². The van der Waals surface area contributed by atoms with Crippen molar-refractivity contribution >= 4 is 12.2 Å². The fraction of sp³-hybridized carbons (Fsp3) is 0.400. The molecule has 1 aromatic carbocycles. The zero-order valence-corrected chi connectivity index (χ0v) is 12.0. The summed E-state index contributed by atoms with van der Waals surface area (Å²) >= 11 is 0. The van der Waals surface area contributed by atoms with Crippen LogP contribution in [-0.2, 0) is 11.3 Å². The van der Waals surface area contributed by atoms with Crippen LogP contribution in [0.4, 0.5) is 9.59 Å². The van der Waals surface area contributed by atoms with E-state index in [0.29, 0.717) is 0 Å². The summed E-state index contributed by atoms with van der Waals surface area (Å²) in [6.45, 7) is 0.728. The van der Waals surface area contributed by atoms with Crippen LogP contribution < -0.4 is 0 Å². The molecule has 1 atom stereocenters. The molecule has 0 bridgehead atoms. The van der Waals surface area contributed by atoms with E-state index in [1.807, 2.05) is 36.4 Å². The molecule has 0 radical (unpaired) electrons. The first-order chi connectivity index (χ1) is 10.6. The summed E-state index contributed by atoms with van der Waals surface area (Å²) in [6.07, 6.45) is -1.49. The zero-order chi connectivity index (χ0) is 15.9. The minimum Gasteiger partial charge on any atom is -0.465 e. The molecule has 1 heterocycles. The van der Waals surface area contributed by atoms with Gasteiger partial charge in [0.2, 0.25) is 0 Å². The number of hydrogen-bond acceptors (Lipinski definition) is 4. The van der Waals surface area contributed by atoms with Crippen molar-refractivity contribution in [3.05, 3.63) is 35.9 Å². The Morgan fingerprint density at radius 1 is 1.32 bits per heavy atom. The highest BCUT2D eigenvalue weighted by atomic mass is 16.6. The lowest BCUT2D eigenvalue weighted by Gasteiger charge is -2.38. The lowest BCUT2D eigenvalue weighted by atomic mass is 10.1. The molecule has 7 nitrogen and oxygen atoms in total. The molecule has 1 aliphatic rings. The van der Waals surface area contributed by atoms with Gasteiger partial charge in [-0.25, -0.2) is 9.59 Å². The Labute approximate surface area is 128 Å². The highest BCUT2D eigenvalue weighted by molar-refractivity contribution is 5.70. The number of rotatable bonds is 3. The first-order valence-electron chi connectivity index (χ1n) is 6.94. The number of benzene rings is 1. The lowest BCUT2D eigenvalue weighted by Crippen LogP contribution is -2.56. The Hall–Kier alpha value is -2.75. The molecule has 116 valence electrons. The number of ether oxygens (including phenoxy) is 1. The molecule has 22 heavy (non-hydrogen) atoms. The summed E-state index contributed by atoms with van der Waals surface area (Å²) in [6, 6.07) is 10.8. The maximum Gasteiger partial charge on any atom is 0.410 e. The van der Waals surface area contributed by atoms with Gasteiger partial charge in [-0.15, -0.1) is 0 Å². The lowest BCUT2D eigenvalue weighted by molar-refractivity contribution is 0.0439. The number of carbonyl (C=O) groups excluding carboxylic acids is 1. The van der Waals surface area contributed by atoms with Crippen LogP contribution in [0.1, 0.15) is 12.0 Å². The van der Waals surface area contributed by atoms with Crippen molar-refractivity contribution < 1.29 is 19.4 Å². The second-order valence-electron chi connectivity index (χ2n) is 4.98. The maximum atomic E-state index is 12.2. The third-order valence-corrected chi connectivity index (χ3v) is 3.52. The highest BCUT2D eigenvalue weighted by Crippen LogP contribution is 2.15. The van der Waals surface area contributed by atoms with Crippen LogP contribution in [0.5, 0.6) is 0 Å². The molecule has 0 unspecified atom stereocenters. The van der Waals surface area contributed by atoms with Crippen LogP contribution in [0.15, 0.2) is 30.3 Å².